The van der Waals surface area contributed by atoms with Crippen molar-refractivity contribution in [3.8, 4) is 16.5 Å². The van der Waals surface area contributed by atoms with Gasteiger partial charge in [0.25, 0.3) is 5.91 Å². The highest BCUT2D eigenvalue weighted by Gasteiger charge is 2.38. The molecule has 3 fully saturated rings. The lowest BCUT2D eigenvalue weighted by Gasteiger charge is -2.25. The number of ether oxygens (including phenoxy) is 2. The number of hydrogen-bond donors (Lipinski definition) is 2. The van der Waals surface area contributed by atoms with Crippen LogP contribution in [-0.2, 0) is 14.8 Å². The molecular formula is C26H31N7O5S2. The van der Waals surface area contributed by atoms with E-state index in [1.807, 2.05) is 6.92 Å². The minimum Gasteiger partial charge on any atom is -0.477 e. The lowest BCUT2D eigenvalue weighted by atomic mass is 10.0. The number of nitrogens with one attached hydrogen (secondary N) is 2. The van der Waals surface area contributed by atoms with Gasteiger partial charge in [-0.2, -0.15) is 0 Å². The fourth-order valence-corrected chi connectivity index (χ4v) is 7.29. The van der Waals surface area contributed by atoms with E-state index in [-0.39, 0.29) is 16.2 Å². The molecule has 6 rings (SSSR count). The highest BCUT2D eigenvalue weighted by atomic mass is 32.2. The van der Waals surface area contributed by atoms with Gasteiger partial charge in [0.05, 0.1) is 59.8 Å². The maximum absolute atomic E-state index is 13.4. The van der Waals surface area contributed by atoms with Crippen molar-refractivity contribution in [3.05, 3.63) is 47.6 Å². The second kappa shape index (κ2) is 11.4. The quantitative estimate of drug-likeness (QED) is 0.343. The monoisotopic (exact) mass is 585 g/mol. The molecule has 0 bridgehead atoms. The fourth-order valence-electron chi connectivity index (χ4n) is 5.13. The molecule has 0 radical (unpaired) electrons. The first kappa shape index (κ1) is 27.0. The number of likely N-dealkylation sites (tertiary alicyclic amines) is 1. The van der Waals surface area contributed by atoms with Crippen LogP contribution in [0.15, 0.2) is 36.9 Å². The van der Waals surface area contributed by atoms with Crippen molar-refractivity contribution in [2.75, 3.05) is 44.2 Å². The van der Waals surface area contributed by atoms with Crippen LogP contribution in [0.3, 0.4) is 0 Å². The van der Waals surface area contributed by atoms with Gasteiger partial charge in [-0.15, -0.1) is 11.3 Å². The molecule has 5 heterocycles. The van der Waals surface area contributed by atoms with Crippen molar-refractivity contribution < 1.29 is 22.7 Å². The topological polar surface area (TPSA) is 149 Å². The number of amides is 1. The van der Waals surface area contributed by atoms with Crippen molar-refractivity contribution in [2.24, 2.45) is 11.8 Å². The Morgan fingerprint density at radius 1 is 1.20 bits per heavy atom. The van der Waals surface area contributed by atoms with Crippen LogP contribution in [0.2, 0.25) is 0 Å². The molecule has 3 aromatic heterocycles. The molecule has 0 spiro atoms. The molecule has 3 aliphatic rings. The SMILES string of the molecule is CCOc1cncc(-c2cnc(C(=O)N[C@H](CN3C[C@H]4COC[C@H]4C3)c3cc(NS(=O)(=O)C4CC4)ccn3)s2)n1. The minimum atomic E-state index is -3.43. The summed E-state index contributed by atoms with van der Waals surface area (Å²) in [6, 6.07) is 2.85. The Bertz CT molecular complexity index is 1470. The fraction of sp³-hybridized carbons (Fsp3) is 0.500. The summed E-state index contributed by atoms with van der Waals surface area (Å²) >= 11 is 1.21. The minimum absolute atomic E-state index is 0.279. The van der Waals surface area contributed by atoms with Gasteiger partial charge in [-0.3, -0.25) is 19.5 Å². The second-order valence-corrected chi connectivity index (χ2v) is 13.3. The van der Waals surface area contributed by atoms with Gasteiger partial charge in [-0.05, 0) is 31.9 Å². The summed E-state index contributed by atoms with van der Waals surface area (Å²) in [5.74, 6) is 1.03. The van der Waals surface area contributed by atoms with E-state index in [9.17, 15) is 13.2 Å². The average Bonchev–Trinajstić information content (AvgIpc) is 3.34. The number of nitrogens with zero attached hydrogens (tertiary/aromatic N) is 5. The molecule has 3 aromatic rings. The van der Waals surface area contributed by atoms with Crippen LogP contribution in [0.1, 0.15) is 41.3 Å². The van der Waals surface area contributed by atoms with Crippen LogP contribution in [0.5, 0.6) is 5.88 Å². The van der Waals surface area contributed by atoms with Gasteiger partial charge in [-0.1, -0.05) is 0 Å². The number of fused-ring (bicyclic) bond motifs is 1. The van der Waals surface area contributed by atoms with E-state index in [4.69, 9.17) is 9.47 Å². The van der Waals surface area contributed by atoms with Gasteiger partial charge in [0.15, 0.2) is 5.01 Å². The molecular weight excluding hydrogens is 554 g/mol. The Kier molecular flexibility index (Phi) is 7.66. The Labute approximate surface area is 236 Å². The van der Waals surface area contributed by atoms with E-state index < -0.39 is 16.1 Å². The van der Waals surface area contributed by atoms with Gasteiger partial charge in [0.1, 0.15) is 5.69 Å². The standard InChI is InChI=1S/C26H31N7O5S2/c1-2-38-24-10-27-8-21(30-24)23-9-29-26(39-23)25(34)31-22(13-33-11-16-14-37-15-17(16)12-33)20-7-18(5-6-28-20)32-40(35,36)19-3-4-19/h5-10,16-17,19,22H,2-4,11-15H2,1H3,(H,28,32)(H,31,34)/t16-,17+,22-/m1/s1. The second-order valence-electron chi connectivity index (χ2n) is 10.3. The van der Waals surface area contributed by atoms with Crippen LogP contribution in [-0.4, -0.2) is 83.9 Å². The summed E-state index contributed by atoms with van der Waals surface area (Å²) < 4.78 is 38.8. The van der Waals surface area contributed by atoms with Crippen LogP contribution in [0, 0.1) is 11.8 Å². The normalized spacial score (nSPS) is 21.6. The number of sulfonamides is 1. The first-order valence-corrected chi connectivity index (χ1v) is 15.7. The first-order valence-electron chi connectivity index (χ1n) is 13.4. The zero-order valence-electron chi connectivity index (χ0n) is 22.0. The summed E-state index contributed by atoms with van der Waals surface area (Å²) in [5, 5.41) is 3.03. The van der Waals surface area contributed by atoms with Crippen LogP contribution in [0.4, 0.5) is 5.69 Å². The van der Waals surface area contributed by atoms with Gasteiger partial charge in [0.2, 0.25) is 15.9 Å². The molecule has 0 aromatic carbocycles. The smallest absolute Gasteiger partial charge is 0.280 e. The van der Waals surface area contributed by atoms with Gasteiger partial charge < -0.3 is 19.7 Å². The van der Waals surface area contributed by atoms with Gasteiger partial charge in [-0.25, -0.2) is 18.4 Å². The molecule has 3 atom stereocenters. The molecule has 1 saturated carbocycles. The van der Waals surface area contributed by atoms with Gasteiger partial charge in [0, 0.05) is 43.9 Å². The molecule has 212 valence electrons. The van der Waals surface area contributed by atoms with Crippen molar-refractivity contribution in [1.29, 1.82) is 0 Å². The molecule has 1 aliphatic carbocycles. The third kappa shape index (κ3) is 6.09. The van der Waals surface area contributed by atoms with Crippen molar-refractivity contribution in [3.63, 3.8) is 0 Å². The number of thiazole rings is 1. The maximum atomic E-state index is 13.4. The number of hydrogen-bond acceptors (Lipinski definition) is 11. The highest BCUT2D eigenvalue weighted by molar-refractivity contribution is 7.93. The zero-order valence-corrected chi connectivity index (χ0v) is 23.7. The van der Waals surface area contributed by atoms with E-state index in [0.29, 0.717) is 65.7 Å². The summed E-state index contributed by atoms with van der Waals surface area (Å²) in [5.41, 5.74) is 1.58. The predicted molar refractivity (Wildman–Crippen MR) is 149 cm³/mol. The molecule has 1 amide bonds. The van der Waals surface area contributed by atoms with Crippen molar-refractivity contribution >= 4 is 33.0 Å². The lowest BCUT2D eigenvalue weighted by Crippen LogP contribution is -2.38. The largest absolute Gasteiger partial charge is 0.477 e. The molecule has 2 aliphatic heterocycles. The van der Waals surface area contributed by atoms with Crippen molar-refractivity contribution in [2.45, 2.75) is 31.1 Å². The van der Waals surface area contributed by atoms with Gasteiger partial charge >= 0.3 is 0 Å². The summed E-state index contributed by atoms with van der Waals surface area (Å²) in [6.07, 6.45) is 7.65. The third-order valence-electron chi connectivity index (χ3n) is 7.28. The lowest BCUT2D eigenvalue weighted by molar-refractivity contribution is 0.0920. The summed E-state index contributed by atoms with van der Waals surface area (Å²) in [4.78, 5) is 33.9. The number of rotatable bonds is 11. The van der Waals surface area contributed by atoms with E-state index in [2.05, 4.69) is 34.9 Å². The number of anilines is 1. The molecule has 12 nitrogen and oxygen atoms in total. The third-order valence-corrected chi connectivity index (χ3v) is 10.2. The zero-order chi connectivity index (χ0) is 27.7. The van der Waals surface area contributed by atoms with E-state index in [0.717, 1.165) is 26.3 Å². The summed E-state index contributed by atoms with van der Waals surface area (Å²) in [6.45, 7) is 6.13. The average molecular weight is 586 g/mol. The number of carbonyl (C=O) groups is 1. The predicted octanol–water partition coefficient (Wildman–Crippen LogP) is 2.35. The molecule has 2 saturated heterocycles. The Morgan fingerprint density at radius 3 is 2.75 bits per heavy atom. The molecule has 2 N–H and O–H groups in total. The van der Waals surface area contributed by atoms with Crippen molar-refractivity contribution in [1.82, 2.24) is 30.2 Å². The van der Waals surface area contributed by atoms with Crippen LogP contribution >= 0.6 is 11.3 Å². The number of carbonyl (C=O) groups excluding carboxylic acids is 1. The first-order chi connectivity index (χ1) is 19.4. The number of aromatic nitrogens is 4. The maximum Gasteiger partial charge on any atom is 0.280 e. The highest BCUT2D eigenvalue weighted by Crippen LogP contribution is 2.32. The molecule has 14 heteroatoms. The Balaban J connectivity index is 1.21. The Hall–Kier alpha value is -3.20. The van der Waals surface area contributed by atoms with E-state index in [1.54, 1.807) is 30.7 Å². The number of pyridine rings is 1. The Morgan fingerprint density at radius 2 is 2.00 bits per heavy atom. The van der Waals surface area contributed by atoms with E-state index >= 15 is 0 Å². The van der Waals surface area contributed by atoms with E-state index in [1.165, 1.54) is 17.5 Å². The molecule has 0 unspecified atom stereocenters. The van der Waals surface area contributed by atoms with Crippen LogP contribution < -0.4 is 14.8 Å². The summed E-state index contributed by atoms with van der Waals surface area (Å²) in [7, 11) is -3.43. The van der Waals surface area contributed by atoms with Crippen LogP contribution in [0.25, 0.3) is 10.6 Å². The molecule has 40 heavy (non-hydrogen) atoms.